The number of benzene rings is 2. The number of esters is 1. The summed E-state index contributed by atoms with van der Waals surface area (Å²) in [5, 5.41) is 0.736. The van der Waals surface area contributed by atoms with Gasteiger partial charge in [-0.25, -0.2) is 4.79 Å². The van der Waals surface area contributed by atoms with Crippen LogP contribution in [-0.2, 0) is 11.3 Å². The molecule has 128 valence electrons. The van der Waals surface area contributed by atoms with E-state index < -0.39 is 5.97 Å². The number of aryl methyl sites for hydroxylation is 1. The summed E-state index contributed by atoms with van der Waals surface area (Å²) in [6.45, 7) is 4.51. The van der Waals surface area contributed by atoms with Gasteiger partial charge >= 0.3 is 5.97 Å². The second-order valence-electron chi connectivity index (χ2n) is 5.81. The Balaban J connectivity index is 2.26. The highest BCUT2D eigenvalue weighted by Crippen LogP contribution is 2.32. The summed E-state index contributed by atoms with van der Waals surface area (Å²) in [5.41, 5.74) is 3.68. The minimum absolute atomic E-state index is 0.254. The van der Waals surface area contributed by atoms with E-state index >= 15 is 0 Å². The van der Waals surface area contributed by atoms with E-state index in [2.05, 4.69) is 15.9 Å². The minimum Gasteiger partial charge on any atom is -0.461 e. The molecule has 3 rings (SSSR count). The Bertz CT molecular complexity index is 942. The minimum atomic E-state index is -0.486. The van der Waals surface area contributed by atoms with Crippen LogP contribution in [0.3, 0.4) is 0 Å². The van der Waals surface area contributed by atoms with Crippen LogP contribution in [0.25, 0.3) is 10.9 Å². The number of nitrogens with zero attached hydrogens (tertiary/aromatic N) is 1. The summed E-state index contributed by atoms with van der Waals surface area (Å²) in [7, 11) is 0. The molecule has 0 bridgehead atoms. The zero-order valence-electron chi connectivity index (χ0n) is 14.1. The van der Waals surface area contributed by atoms with Gasteiger partial charge in [0, 0.05) is 16.4 Å². The Labute approximate surface area is 154 Å². The van der Waals surface area contributed by atoms with Gasteiger partial charge in [-0.15, -0.1) is 0 Å². The number of halogens is 1. The fourth-order valence-corrected chi connectivity index (χ4v) is 3.55. The Morgan fingerprint density at radius 1 is 1.20 bits per heavy atom. The van der Waals surface area contributed by atoms with Gasteiger partial charge in [0.2, 0.25) is 0 Å². The molecule has 2 aromatic carbocycles. The smallest absolute Gasteiger partial charge is 0.355 e. The number of ether oxygens (including phenoxy) is 1. The lowest BCUT2D eigenvalue weighted by Gasteiger charge is -2.12. The van der Waals surface area contributed by atoms with E-state index in [0.29, 0.717) is 17.8 Å². The molecule has 0 N–H and O–H groups in total. The van der Waals surface area contributed by atoms with E-state index in [-0.39, 0.29) is 6.61 Å². The fourth-order valence-electron chi connectivity index (χ4n) is 2.96. The number of carbonyl (C=O) groups excluding carboxylic acids is 2. The van der Waals surface area contributed by atoms with E-state index in [0.717, 1.165) is 27.2 Å². The Morgan fingerprint density at radius 3 is 2.56 bits per heavy atom. The molecular formula is C20H18BrNO3. The van der Waals surface area contributed by atoms with Crippen molar-refractivity contribution in [3.05, 3.63) is 69.3 Å². The Morgan fingerprint density at radius 2 is 1.92 bits per heavy atom. The van der Waals surface area contributed by atoms with Crippen molar-refractivity contribution in [2.45, 2.75) is 20.4 Å². The third-order valence-electron chi connectivity index (χ3n) is 4.12. The molecule has 0 spiro atoms. The lowest BCUT2D eigenvalue weighted by Crippen LogP contribution is -2.15. The molecule has 1 aromatic heterocycles. The summed E-state index contributed by atoms with van der Waals surface area (Å²) < 4.78 is 7.89. The summed E-state index contributed by atoms with van der Waals surface area (Å²) in [6.07, 6.45) is 0.729. The third-order valence-corrected chi connectivity index (χ3v) is 4.76. The maximum Gasteiger partial charge on any atom is 0.355 e. The predicted molar refractivity (Wildman–Crippen MR) is 101 cm³/mol. The number of para-hydroxylation sites is 1. The maximum absolute atomic E-state index is 12.6. The van der Waals surface area contributed by atoms with Crippen molar-refractivity contribution in [1.29, 1.82) is 0 Å². The van der Waals surface area contributed by atoms with Crippen LogP contribution in [0, 0.1) is 6.92 Å². The normalized spacial score (nSPS) is 10.8. The molecule has 0 saturated heterocycles. The molecule has 0 amide bonds. The second kappa shape index (κ2) is 7.23. The van der Waals surface area contributed by atoms with Crippen molar-refractivity contribution in [3.63, 3.8) is 0 Å². The van der Waals surface area contributed by atoms with Gasteiger partial charge in [-0.2, -0.15) is 0 Å². The first-order chi connectivity index (χ1) is 12.1. The number of fused-ring (bicyclic) bond motifs is 1. The van der Waals surface area contributed by atoms with Gasteiger partial charge in [0.1, 0.15) is 5.69 Å². The maximum atomic E-state index is 12.6. The van der Waals surface area contributed by atoms with Crippen LogP contribution in [0.5, 0.6) is 0 Å². The molecule has 0 aliphatic heterocycles. The average Bonchev–Trinajstić information content (AvgIpc) is 2.92. The number of hydrogen-bond acceptors (Lipinski definition) is 3. The number of aldehydes is 1. The van der Waals surface area contributed by atoms with Crippen molar-refractivity contribution in [2.24, 2.45) is 0 Å². The van der Waals surface area contributed by atoms with Gasteiger partial charge in [-0.3, -0.25) is 4.79 Å². The molecule has 0 aliphatic carbocycles. The molecule has 1 heterocycles. The largest absolute Gasteiger partial charge is 0.461 e. The molecule has 0 radical (unpaired) electrons. The van der Waals surface area contributed by atoms with Crippen LogP contribution in [0.1, 0.15) is 38.9 Å². The molecule has 25 heavy (non-hydrogen) atoms. The van der Waals surface area contributed by atoms with Crippen LogP contribution < -0.4 is 0 Å². The van der Waals surface area contributed by atoms with Crippen LogP contribution in [0.15, 0.2) is 46.9 Å². The van der Waals surface area contributed by atoms with Crippen molar-refractivity contribution in [2.75, 3.05) is 6.61 Å². The molecule has 5 heteroatoms. The lowest BCUT2D eigenvalue weighted by atomic mass is 10.1. The quantitative estimate of drug-likeness (QED) is 0.459. The van der Waals surface area contributed by atoms with Crippen LogP contribution >= 0.6 is 15.9 Å². The highest BCUT2D eigenvalue weighted by atomic mass is 79.9. The van der Waals surface area contributed by atoms with E-state index in [9.17, 15) is 9.59 Å². The van der Waals surface area contributed by atoms with Crippen LogP contribution in [0.4, 0.5) is 0 Å². The van der Waals surface area contributed by atoms with Gasteiger partial charge in [0.15, 0.2) is 6.29 Å². The standard InChI is InChI=1S/C20H18BrNO3/c1-3-25-20(24)19-16(12-23)15-5-4-6-17(21)18(15)22(19)11-14-9-7-13(2)8-10-14/h4-10,12H,3,11H2,1-2H3. The predicted octanol–water partition coefficient (Wildman–Crippen LogP) is 4.75. The van der Waals surface area contributed by atoms with Crippen molar-refractivity contribution in [1.82, 2.24) is 4.57 Å². The van der Waals surface area contributed by atoms with Crippen molar-refractivity contribution in [3.8, 4) is 0 Å². The number of carbonyl (C=O) groups is 2. The Hall–Kier alpha value is -2.40. The Kier molecular flexibility index (Phi) is 5.04. The van der Waals surface area contributed by atoms with Crippen LogP contribution in [-0.4, -0.2) is 23.4 Å². The molecule has 0 atom stereocenters. The molecule has 0 unspecified atom stereocenters. The van der Waals surface area contributed by atoms with Gasteiger partial charge in [0.05, 0.1) is 17.7 Å². The van der Waals surface area contributed by atoms with E-state index in [1.54, 1.807) is 6.92 Å². The van der Waals surface area contributed by atoms with Gasteiger partial charge < -0.3 is 9.30 Å². The summed E-state index contributed by atoms with van der Waals surface area (Å²) in [6, 6.07) is 13.7. The molecular weight excluding hydrogens is 382 g/mol. The molecule has 0 saturated carbocycles. The van der Waals surface area contributed by atoms with E-state index in [1.165, 1.54) is 5.56 Å². The highest BCUT2D eigenvalue weighted by Gasteiger charge is 2.24. The number of rotatable bonds is 5. The van der Waals surface area contributed by atoms with Crippen molar-refractivity contribution < 1.29 is 14.3 Å². The van der Waals surface area contributed by atoms with Crippen LogP contribution in [0.2, 0.25) is 0 Å². The SMILES string of the molecule is CCOC(=O)c1c(C=O)c2cccc(Br)c2n1Cc1ccc(C)cc1. The lowest BCUT2D eigenvalue weighted by molar-refractivity contribution is 0.0512. The highest BCUT2D eigenvalue weighted by molar-refractivity contribution is 9.10. The third kappa shape index (κ3) is 3.24. The van der Waals surface area contributed by atoms with Gasteiger partial charge in [0.25, 0.3) is 0 Å². The summed E-state index contributed by atoms with van der Waals surface area (Å²) >= 11 is 3.55. The zero-order chi connectivity index (χ0) is 18.0. The number of hydrogen-bond donors (Lipinski definition) is 0. The molecule has 3 aromatic rings. The van der Waals surface area contributed by atoms with Gasteiger partial charge in [-0.05, 0) is 41.4 Å². The first-order valence-corrected chi connectivity index (χ1v) is 8.84. The zero-order valence-corrected chi connectivity index (χ0v) is 15.7. The first-order valence-electron chi connectivity index (χ1n) is 8.05. The monoisotopic (exact) mass is 399 g/mol. The average molecular weight is 400 g/mol. The second-order valence-corrected chi connectivity index (χ2v) is 6.66. The first kappa shape index (κ1) is 17.4. The van der Waals surface area contributed by atoms with Crippen molar-refractivity contribution >= 4 is 39.1 Å². The van der Waals surface area contributed by atoms with E-state index in [1.807, 2.05) is 54.0 Å². The number of aromatic nitrogens is 1. The van der Waals surface area contributed by atoms with E-state index in [4.69, 9.17) is 4.74 Å². The van der Waals surface area contributed by atoms with Gasteiger partial charge in [-0.1, -0.05) is 42.0 Å². The topological polar surface area (TPSA) is 48.3 Å². The summed E-state index contributed by atoms with van der Waals surface area (Å²) in [4.78, 5) is 24.3. The molecule has 4 nitrogen and oxygen atoms in total. The summed E-state index contributed by atoms with van der Waals surface area (Å²) in [5.74, 6) is -0.486. The fraction of sp³-hybridized carbons (Fsp3) is 0.200. The molecule has 0 fully saturated rings. The molecule has 0 aliphatic rings.